The van der Waals surface area contributed by atoms with Crippen LogP contribution in [0.2, 0.25) is 5.02 Å². The summed E-state index contributed by atoms with van der Waals surface area (Å²) in [5, 5.41) is 0.774. The second kappa shape index (κ2) is 4.68. The monoisotopic (exact) mass is 244 g/mol. The van der Waals surface area contributed by atoms with Crippen molar-refractivity contribution in [1.29, 1.82) is 0 Å². The maximum absolute atomic E-state index is 5.76. The highest BCUT2D eigenvalue weighted by Gasteiger charge is 1.95. The number of halogens is 2. The zero-order chi connectivity index (χ0) is 8.97. The molecule has 12 heavy (non-hydrogen) atoms. The maximum atomic E-state index is 5.76. The second-order valence-corrected chi connectivity index (χ2v) is 3.76. The SMILES string of the molecule is CC/C=C(\Br)c1ccc(Cl)cc1. The van der Waals surface area contributed by atoms with Crippen molar-refractivity contribution < 1.29 is 0 Å². The minimum absolute atomic E-state index is 0.774. The van der Waals surface area contributed by atoms with Crippen molar-refractivity contribution in [2.75, 3.05) is 0 Å². The molecule has 0 N–H and O–H groups in total. The molecule has 0 saturated carbocycles. The first-order chi connectivity index (χ1) is 5.74. The molecule has 0 aliphatic rings. The van der Waals surface area contributed by atoms with E-state index in [-0.39, 0.29) is 0 Å². The Morgan fingerprint density at radius 1 is 1.42 bits per heavy atom. The zero-order valence-electron chi connectivity index (χ0n) is 6.85. The van der Waals surface area contributed by atoms with Gasteiger partial charge in [-0.3, -0.25) is 0 Å². The molecular formula is C10H10BrCl. The fraction of sp³-hybridized carbons (Fsp3) is 0.200. The largest absolute Gasteiger partial charge is 0.0843 e. The van der Waals surface area contributed by atoms with Gasteiger partial charge in [0.25, 0.3) is 0 Å². The first-order valence-corrected chi connectivity index (χ1v) is 5.02. The second-order valence-electron chi connectivity index (χ2n) is 2.47. The number of benzene rings is 1. The van der Waals surface area contributed by atoms with Crippen molar-refractivity contribution >= 4 is 32.0 Å². The third kappa shape index (κ3) is 2.65. The van der Waals surface area contributed by atoms with Gasteiger partial charge in [-0.2, -0.15) is 0 Å². The topological polar surface area (TPSA) is 0 Å². The molecule has 0 spiro atoms. The number of hydrogen-bond acceptors (Lipinski definition) is 0. The van der Waals surface area contributed by atoms with Crippen LogP contribution in [0.5, 0.6) is 0 Å². The Balaban J connectivity index is 2.89. The Kier molecular flexibility index (Phi) is 3.83. The highest BCUT2D eigenvalue weighted by Crippen LogP contribution is 2.22. The van der Waals surface area contributed by atoms with Gasteiger partial charge in [0, 0.05) is 9.51 Å². The van der Waals surface area contributed by atoms with E-state index in [2.05, 4.69) is 28.9 Å². The van der Waals surface area contributed by atoms with Crippen LogP contribution in [0.25, 0.3) is 4.48 Å². The summed E-state index contributed by atoms with van der Waals surface area (Å²) < 4.78 is 1.13. The molecule has 0 aliphatic heterocycles. The molecule has 0 fully saturated rings. The van der Waals surface area contributed by atoms with Crippen molar-refractivity contribution in [1.82, 2.24) is 0 Å². The first kappa shape index (κ1) is 9.82. The summed E-state index contributed by atoms with van der Waals surface area (Å²) >= 11 is 9.25. The van der Waals surface area contributed by atoms with Crippen molar-refractivity contribution in [2.24, 2.45) is 0 Å². The van der Waals surface area contributed by atoms with Gasteiger partial charge in [-0.25, -0.2) is 0 Å². The third-order valence-corrected chi connectivity index (χ3v) is 2.54. The average molecular weight is 246 g/mol. The molecule has 0 heterocycles. The van der Waals surface area contributed by atoms with Gasteiger partial charge < -0.3 is 0 Å². The van der Waals surface area contributed by atoms with Crippen LogP contribution < -0.4 is 0 Å². The quantitative estimate of drug-likeness (QED) is 0.720. The van der Waals surface area contributed by atoms with E-state index in [1.165, 1.54) is 5.56 Å². The van der Waals surface area contributed by atoms with Crippen molar-refractivity contribution in [3.63, 3.8) is 0 Å². The minimum atomic E-state index is 0.774. The van der Waals surface area contributed by atoms with Gasteiger partial charge >= 0.3 is 0 Å². The smallest absolute Gasteiger partial charge is 0.0406 e. The normalized spacial score (nSPS) is 11.8. The van der Waals surface area contributed by atoms with Crippen LogP contribution in [0.3, 0.4) is 0 Å². The van der Waals surface area contributed by atoms with E-state index in [1.54, 1.807) is 0 Å². The maximum Gasteiger partial charge on any atom is 0.0406 e. The molecule has 0 aliphatic carbocycles. The summed E-state index contributed by atoms with van der Waals surface area (Å²) in [7, 11) is 0. The van der Waals surface area contributed by atoms with Crippen LogP contribution in [-0.2, 0) is 0 Å². The molecule has 1 rings (SSSR count). The van der Waals surface area contributed by atoms with Crippen LogP contribution >= 0.6 is 27.5 Å². The first-order valence-electron chi connectivity index (χ1n) is 3.85. The van der Waals surface area contributed by atoms with Crippen LogP contribution in [0, 0.1) is 0 Å². The Morgan fingerprint density at radius 3 is 2.50 bits per heavy atom. The van der Waals surface area contributed by atoms with Gasteiger partial charge in [-0.15, -0.1) is 0 Å². The van der Waals surface area contributed by atoms with E-state index in [9.17, 15) is 0 Å². The predicted molar refractivity (Wildman–Crippen MR) is 58.6 cm³/mol. The fourth-order valence-corrected chi connectivity index (χ4v) is 1.62. The summed E-state index contributed by atoms with van der Waals surface area (Å²) in [5.74, 6) is 0. The van der Waals surface area contributed by atoms with Gasteiger partial charge in [0.05, 0.1) is 0 Å². The zero-order valence-corrected chi connectivity index (χ0v) is 9.19. The minimum Gasteiger partial charge on any atom is -0.0843 e. The Bertz CT molecular complexity index is 274. The third-order valence-electron chi connectivity index (χ3n) is 1.50. The van der Waals surface area contributed by atoms with Crippen LogP contribution in [0.1, 0.15) is 18.9 Å². The van der Waals surface area contributed by atoms with Crippen molar-refractivity contribution in [3.8, 4) is 0 Å². The van der Waals surface area contributed by atoms with Gasteiger partial charge in [0.15, 0.2) is 0 Å². The highest BCUT2D eigenvalue weighted by atomic mass is 79.9. The molecule has 0 unspecified atom stereocenters. The molecule has 0 nitrogen and oxygen atoms in total. The molecule has 0 bridgehead atoms. The fourth-order valence-electron chi connectivity index (χ4n) is 0.906. The van der Waals surface area contributed by atoms with Gasteiger partial charge in [0.1, 0.15) is 0 Å². The van der Waals surface area contributed by atoms with E-state index >= 15 is 0 Å². The molecule has 0 saturated heterocycles. The van der Waals surface area contributed by atoms with Crippen LogP contribution in [0.15, 0.2) is 30.3 Å². The Hall–Kier alpha value is -0.270. The molecular weight excluding hydrogens is 235 g/mol. The van der Waals surface area contributed by atoms with Gasteiger partial charge in [-0.1, -0.05) is 52.7 Å². The lowest BCUT2D eigenvalue weighted by molar-refractivity contribution is 1.23. The van der Waals surface area contributed by atoms with Gasteiger partial charge in [0.2, 0.25) is 0 Å². The summed E-state index contributed by atoms with van der Waals surface area (Å²) in [6.45, 7) is 2.11. The molecule has 1 aromatic rings. The van der Waals surface area contributed by atoms with Crippen LogP contribution in [-0.4, -0.2) is 0 Å². The Labute approximate surface area is 86.4 Å². The van der Waals surface area contributed by atoms with E-state index in [1.807, 2.05) is 24.3 Å². The van der Waals surface area contributed by atoms with Crippen LogP contribution in [0.4, 0.5) is 0 Å². The molecule has 1 aromatic carbocycles. The lowest BCUT2D eigenvalue weighted by Crippen LogP contribution is -1.74. The lowest BCUT2D eigenvalue weighted by atomic mass is 10.2. The van der Waals surface area contributed by atoms with E-state index < -0.39 is 0 Å². The number of allylic oxidation sites excluding steroid dienone is 1. The predicted octanol–water partition coefficient (Wildman–Crippen LogP) is 4.49. The molecule has 2 heteroatoms. The highest BCUT2D eigenvalue weighted by molar-refractivity contribution is 9.15. The molecule has 64 valence electrons. The lowest BCUT2D eigenvalue weighted by Gasteiger charge is -1.98. The molecule has 0 atom stereocenters. The summed E-state index contributed by atoms with van der Waals surface area (Å²) in [6.07, 6.45) is 3.16. The standard InChI is InChI=1S/C10H10BrCl/c1-2-3-10(11)8-4-6-9(12)7-5-8/h3-7H,2H2,1H3/b10-3-. The molecule has 0 aromatic heterocycles. The van der Waals surface area contributed by atoms with E-state index in [0.717, 1.165) is 15.9 Å². The Morgan fingerprint density at radius 2 is 2.00 bits per heavy atom. The number of rotatable bonds is 2. The van der Waals surface area contributed by atoms with Crippen molar-refractivity contribution in [3.05, 3.63) is 40.9 Å². The summed E-state index contributed by atoms with van der Waals surface area (Å²) in [4.78, 5) is 0. The summed E-state index contributed by atoms with van der Waals surface area (Å²) in [5.41, 5.74) is 1.17. The van der Waals surface area contributed by atoms with E-state index in [4.69, 9.17) is 11.6 Å². The average Bonchev–Trinajstić information content (AvgIpc) is 2.06. The number of hydrogen-bond donors (Lipinski definition) is 0. The van der Waals surface area contributed by atoms with Crippen molar-refractivity contribution in [2.45, 2.75) is 13.3 Å². The van der Waals surface area contributed by atoms with Gasteiger partial charge in [-0.05, 0) is 24.1 Å². The van der Waals surface area contributed by atoms with E-state index in [0.29, 0.717) is 0 Å². The molecule has 0 radical (unpaired) electrons. The molecule has 0 amide bonds. The summed E-state index contributed by atoms with van der Waals surface area (Å²) in [6, 6.07) is 7.78.